The standard InChI is InChI=1S/C27H37N7O3S/c1-18(2)37-24-15-20(34-14-13-21(17-34)33(5)6)11-12-22(24)31-27-29-16-19(3)26(32-27)30-23-9-7-8-10-25(23)38(35,36)28-4/h7-12,15-16,18,21,28H,13-14,17H2,1-6H3,(H2,29,30,31,32)/t21-/m0/s1. The van der Waals surface area contributed by atoms with Crippen LogP contribution < -0.4 is 25.0 Å². The van der Waals surface area contributed by atoms with Gasteiger partial charge < -0.3 is 25.2 Å². The van der Waals surface area contributed by atoms with Crippen molar-refractivity contribution in [1.82, 2.24) is 19.6 Å². The van der Waals surface area contributed by atoms with E-state index in [1.54, 1.807) is 30.5 Å². The maximum absolute atomic E-state index is 12.5. The van der Waals surface area contributed by atoms with Crippen molar-refractivity contribution in [2.75, 3.05) is 49.8 Å². The number of sulfonamides is 1. The number of hydrogen-bond acceptors (Lipinski definition) is 9. The molecule has 11 heteroatoms. The van der Waals surface area contributed by atoms with E-state index in [9.17, 15) is 8.42 Å². The highest BCUT2D eigenvalue weighted by Gasteiger charge is 2.25. The molecule has 0 bridgehead atoms. The van der Waals surface area contributed by atoms with Gasteiger partial charge in [0, 0.05) is 42.6 Å². The molecule has 1 aliphatic heterocycles. The SMILES string of the molecule is CNS(=O)(=O)c1ccccc1Nc1nc(Nc2ccc(N3CC[C@H](N(C)C)C3)cc2OC(C)C)ncc1C. The number of anilines is 5. The van der Waals surface area contributed by atoms with Crippen LogP contribution in [0.3, 0.4) is 0 Å². The molecule has 0 amide bonds. The third-order valence-electron chi connectivity index (χ3n) is 6.50. The average molecular weight is 540 g/mol. The van der Waals surface area contributed by atoms with E-state index < -0.39 is 10.0 Å². The Balaban J connectivity index is 1.60. The topological polar surface area (TPSA) is 112 Å². The third kappa shape index (κ3) is 6.35. The minimum atomic E-state index is -3.65. The van der Waals surface area contributed by atoms with Gasteiger partial charge in [-0.05, 0) is 72.6 Å². The lowest BCUT2D eigenvalue weighted by Gasteiger charge is -2.23. The lowest BCUT2D eigenvalue weighted by molar-refractivity contribution is 0.244. The van der Waals surface area contributed by atoms with Gasteiger partial charge in [-0.1, -0.05) is 12.1 Å². The van der Waals surface area contributed by atoms with Crippen molar-refractivity contribution in [1.29, 1.82) is 0 Å². The maximum Gasteiger partial charge on any atom is 0.242 e. The zero-order chi connectivity index (χ0) is 27.4. The molecule has 204 valence electrons. The fourth-order valence-corrected chi connectivity index (χ4v) is 5.24. The summed E-state index contributed by atoms with van der Waals surface area (Å²) in [4.78, 5) is 13.9. The maximum atomic E-state index is 12.5. The highest BCUT2D eigenvalue weighted by molar-refractivity contribution is 7.89. The fraction of sp³-hybridized carbons (Fsp3) is 0.407. The van der Waals surface area contributed by atoms with Crippen molar-refractivity contribution in [2.24, 2.45) is 0 Å². The molecule has 1 aliphatic rings. The van der Waals surface area contributed by atoms with E-state index in [-0.39, 0.29) is 11.0 Å². The first kappa shape index (κ1) is 27.6. The molecule has 0 unspecified atom stereocenters. The van der Waals surface area contributed by atoms with Crippen molar-refractivity contribution in [3.8, 4) is 5.75 Å². The molecule has 1 fully saturated rings. The van der Waals surface area contributed by atoms with Gasteiger partial charge in [0.05, 0.1) is 17.5 Å². The second-order valence-electron chi connectivity index (χ2n) is 9.88. The van der Waals surface area contributed by atoms with E-state index in [4.69, 9.17) is 4.74 Å². The van der Waals surface area contributed by atoms with Crippen LogP contribution in [-0.4, -0.2) is 69.7 Å². The van der Waals surface area contributed by atoms with E-state index in [1.165, 1.54) is 7.05 Å². The first-order valence-electron chi connectivity index (χ1n) is 12.7. The molecular weight excluding hydrogens is 502 g/mol. The Morgan fingerprint density at radius 3 is 2.55 bits per heavy atom. The van der Waals surface area contributed by atoms with Crippen molar-refractivity contribution in [3.05, 3.63) is 54.2 Å². The van der Waals surface area contributed by atoms with Gasteiger partial charge in [-0.3, -0.25) is 0 Å². The number of aromatic nitrogens is 2. The average Bonchev–Trinajstić information content (AvgIpc) is 3.38. The predicted octanol–water partition coefficient (Wildman–Crippen LogP) is 4.11. The molecule has 3 aromatic rings. The van der Waals surface area contributed by atoms with Crippen LogP contribution in [0.2, 0.25) is 0 Å². The van der Waals surface area contributed by atoms with Crippen LogP contribution in [0.5, 0.6) is 5.75 Å². The molecule has 1 saturated heterocycles. The van der Waals surface area contributed by atoms with Gasteiger partial charge >= 0.3 is 0 Å². The van der Waals surface area contributed by atoms with Gasteiger partial charge in [0.1, 0.15) is 16.5 Å². The Hall–Kier alpha value is -3.41. The van der Waals surface area contributed by atoms with E-state index >= 15 is 0 Å². The number of nitrogens with zero attached hydrogens (tertiary/aromatic N) is 4. The molecule has 38 heavy (non-hydrogen) atoms. The van der Waals surface area contributed by atoms with Crippen LogP contribution in [0.25, 0.3) is 0 Å². The summed E-state index contributed by atoms with van der Waals surface area (Å²) < 4.78 is 33.5. The van der Waals surface area contributed by atoms with Crippen LogP contribution in [0.1, 0.15) is 25.8 Å². The zero-order valence-electron chi connectivity index (χ0n) is 22.8. The summed E-state index contributed by atoms with van der Waals surface area (Å²) in [7, 11) is 1.98. The number of rotatable bonds is 10. The summed E-state index contributed by atoms with van der Waals surface area (Å²) >= 11 is 0. The molecule has 1 atom stereocenters. The number of para-hydroxylation sites is 1. The molecular formula is C27H37N7O3S. The minimum Gasteiger partial charge on any atom is -0.489 e. The summed E-state index contributed by atoms with van der Waals surface area (Å²) in [5, 5.41) is 6.45. The lowest BCUT2D eigenvalue weighted by Crippen LogP contribution is -2.31. The quantitative estimate of drug-likeness (QED) is 0.350. The Bertz CT molecular complexity index is 1380. The Morgan fingerprint density at radius 1 is 1.11 bits per heavy atom. The lowest BCUT2D eigenvalue weighted by atomic mass is 10.2. The highest BCUT2D eigenvalue weighted by atomic mass is 32.2. The van der Waals surface area contributed by atoms with Crippen molar-refractivity contribution in [2.45, 2.75) is 44.2 Å². The number of nitrogens with one attached hydrogen (secondary N) is 3. The number of ether oxygens (including phenoxy) is 1. The van der Waals surface area contributed by atoms with Crippen LogP contribution >= 0.6 is 0 Å². The summed E-state index contributed by atoms with van der Waals surface area (Å²) in [6.07, 6.45) is 2.80. The molecule has 2 heterocycles. The van der Waals surface area contributed by atoms with E-state index in [0.29, 0.717) is 23.5 Å². The molecule has 0 spiro atoms. The van der Waals surface area contributed by atoms with Crippen LogP contribution in [0, 0.1) is 6.92 Å². The van der Waals surface area contributed by atoms with Crippen molar-refractivity contribution < 1.29 is 13.2 Å². The third-order valence-corrected chi connectivity index (χ3v) is 7.98. The minimum absolute atomic E-state index is 0.0132. The summed E-state index contributed by atoms with van der Waals surface area (Å²) in [6, 6.07) is 13.4. The highest BCUT2D eigenvalue weighted by Crippen LogP contribution is 2.34. The Labute approximate surface area is 225 Å². The van der Waals surface area contributed by atoms with Crippen LogP contribution in [-0.2, 0) is 10.0 Å². The molecule has 4 rings (SSSR count). The van der Waals surface area contributed by atoms with Gasteiger partial charge in [0.15, 0.2) is 0 Å². The smallest absolute Gasteiger partial charge is 0.242 e. The van der Waals surface area contributed by atoms with E-state index in [1.807, 2.05) is 26.8 Å². The molecule has 3 N–H and O–H groups in total. The second kappa shape index (κ2) is 11.5. The van der Waals surface area contributed by atoms with Crippen molar-refractivity contribution >= 4 is 38.9 Å². The molecule has 0 radical (unpaired) electrons. The largest absolute Gasteiger partial charge is 0.489 e. The summed E-state index contributed by atoms with van der Waals surface area (Å²) in [5.41, 5.74) is 3.05. The Morgan fingerprint density at radius 2 is 1.87 bits per heavy atom. The van der Waals surface area contributed by atoms with Crippen LogP contribution in [0.4, 0.5) is 28.8 Å². The van der Waals surface area contributed by atoms with Gasteiger partial charge in [-0.2, -0.15) is 4.98 Å². The first-order valence-corrected chi connectivity index (χ1v) is 14.2. The zero-order valence-corrected chi connectivity index (χ0v) is 23.6. The van der Waals surface area contributed by atoms with E-state index in [0.717, 1.165) is 42.2 Å². The summed E-state index contributed by atoms with van der Waals surface area (Å²) in [6.45, 7) is 7.82. The molecule has 0 saturated carbocycles. The Kier molecular flexibility index (Phi) is 8.39. The van der Waals surface area contributed by atoms with Gasteiger partial charge in [-0.25, -0.2) is 18.1 Å². The van der Waals surface area contributed by atoms with Gasteiger partial charge in [0.25, 0.3) is 0 Å². The number of hydrogen-bond donors (Lipinski definition) is 3. The van der Waals surface area contributed by atoms with E-state index in [2.05, 4.69) is 61.4 Å². The second-order valence-corrected chi connectivity index (χ2v) is 11.7. The number of aryl methyl sites for hydroxylation is 1. The molecule has 1 aromatic heterocycles. The normalized spacial score (nSPS) is 15.8. The van der Waals surface area contributed by atoms with Gasteiger partial charge in [-0.15, -0.1) is 0 Å². The number of benzene rings is 2. The fourth-order valence-electron chi connectivity index (χ4n) is 4.35. The molecule has 0 aliphatic carbocycles. The number of likely N-dealkylation sites (N-methyl/N-ethyl adjacent to an activating group) is 1. The van der Waals surface area contributed by atoms with Gasteiger partial charge in [0.2, 0.25) is 16.0 Å². The molecule has 2 aromatic carbocycles. The summed E-state index contributed by atoms with van der Waals surface area (Å²) in [5.74, 6) is 1.58. The predicted molar refractivity (Wildman–Crippen MR) is 153 cm³/mol. The monoisotopic (exact) mass is 539 g/mol. The van der Waals surface area contributed by atoms with Crippen molar-refractivity contribution in [3.63, 3.8) is 0 Å². The molecule has 10 nitrogen and oxygen atoms in total. The first-order chi connectivity index (χ1) is 18.1. The van der Waals surface area contributed by atoms with Crippen LogP contribution in [0.15, 0.2) is 53.6 Å².